The van der Waals surface area contributed by atoms with E-state index in [0.29, 0.717) is 6.42 Å². The van der Waals surface area contributed by atoms with Gasteiger partial charge in [0, 0.05) is 10.4 Å². The van der Waals surface area contributed by atoms with Gasteiger partial charge in [-0.3, -0.25) is 9.59 Å². The van der Waals surface area contributed by atoms with Crippen molar-refractivity contribution >= 4 is 11.8 Å². The predicted molar refractivity (Wildman–Crippen MR) is 37.9 cm³/mol. The molecule has 0 unspecified atom stereocenters. The average Bonchev–Trinajstić information content (AvgIpc) is 2.01. The molecule has 12 heavy (non-hydrogen) atoms. The lowest BCUT2D eigenvalue weighted by Crippen LogP contribution is -2.43. The Morgan fingerprint density at radius 3 is 1.58 bits per heavy atom. The van der Waals surface area contributed by atoms with Gasteiger partial charge >= 0.3 is 11.8 Å². The maximum Gasteiger partial charge on any atom is 0.301 e. The molecule has 1 rings (SSSR count). The van der Waals surface area contributed by atoms with E-state index in [1.807, 2.05) is 0 Å². The number of nitrogens with zero attached hydrogens (tertiary/aromatic N) is 2. The SMILES string of the molecule is O=NC(=O)C1(C(=O)N=O)CCC1. The molecule has 0 saturated heterocycles. The van der Waals surface area contributed by atoms with Crippen LogP contribution in [0.4, 0.5) is 0 Å². The van der Waals surface area contributed by atoms with Gasteiger partial charge in [0.1, 0.15) is 5.41 Å². The van der Waals surface area contributed by atoms with Gasteiger partial charge in [-0.25, -0.2) is 0 Å². The zero-order chi connectivity index (χ0) is 9.19. The van der Waals surface area contributed by atoms with Crippen molar-refractivity contribution in [1.82, 2.24) is 0 Å². The number of amides is 2. The van der Waals surface area contributed by atoms with Crippen molar-refractivity contribution in [2.24, 2.45) is 15.8 Å². The zero-order valence-electron chi connectivity index (χ0n) is 6.15. The monoisotopic (exact) mass is 170 g/mol. The Hall–Kier alpha value is -1.46. The van der Waals surface area contributed by atoms with Crippen LogP contribution in [0, 0.1) is 15.2 Å². The van der Waals surface area contributed by atoms with Crippen LogP contribution in [0.25, 0.3) is 0 Å². The molecule has 0 atom stereocenters. The number of carbonyl (C=O) groups excluding carboxylic acids is 2. The van der Waals surface area contributed by atoms with E-state index in [1.54, 1.807) is 0 Å². The summed E-state index contributed by atoms with van der Waals surface area (Å²) in [6.07, 6.45) is 1.06. The second-order valence-corrected chi connectivity index (χ2v) is 2.73. The van der Waals surface area contributed by atoms with Crippen molar-refractivity contribution in [3.8, 4) is 0 Å². The van der Waals surface area contributed by atoms with E-state index < -0.39 is 17.2 Å². The fourth-order valence-corrected chi connectivity index (χ4v) is 1.22. The van der Waals surface area contributed by atoms with Crippen LogP contribution in [0.15, 0.2) is 10.4 Å². The lowest BCUT2D eigenvalue weighted by Gasteiger charge is -2.32. The second-order valence-electron chi connectivity index (χ2n) is 2.73. The first kappa shape index (κ1) is 8.63. The van der Waals surface area contributed by atoms with Gasteiger partial charge in [-0.05, 0) is 12.8 Å². The van der Waals surface area contributed by atoms with Gasteiger partial charge in [-0.1, -0.05) is 6.42 Å². The molecule has 0 spiro atoms. The molecule has 0 aliphatic heterocycles. The number of hydrogen-bond acceptors (Lipinski definition) is 4. The molecule has 0 aromatic heterocycles. The maximum absolute atomic E-state index is 10.8. The molecule has 0 aromatic rings. The van der Waals surface area contributed by atoms with Crippen LogP contribution in [-0.4, -0.2) is 11.8 Å². The summed E-state index contributed by atoms with van der Waals surface area (Å²) in [5.41, 5.74) is -1.50. The summed E-state index contributed by atoms with van der Waals surface area (Å²) in [5, 5.41) is 4.29. The summed E-state index contributed by atoms with van der Waals surface area (Å²) in [5.74, 6) is -2.14. The molecule has 1 aliphatic rings. The molecule has 1 aliphatic carbocycles. The summed E-state index contributed by atoms with van der Waals surface area (Å²) in [4.78, 5) is 41.4. The standard InChI is InChI=1S/C6H6N2O4/c9-4(7-11)6(2-1-3-6)5(10)8-12/h1-3H2. The van der Waals surface area contributed by atoms with Crippen molar-refractivity contribution < 1.29 is 9.59 Å². The molecule has 6 heteroatoms. The highest BCUT2D eigenvalue weighted by molar-refractivity contribution is 6.06. The summed E-state index contributed by atoms with van der Waals surface area (Å²) in [6, 6.07) is 0. The van der Waals surface area contributed by atoms with Crippen LogP contribution < -0.4 is 0 Å². The summed E-state index contributed by atoms with van der Waals surface area (Å²) in [7, 11) is 0. The fraction of sp³-hybridized carbons (Fsp3) is 0.667. The third kappa shape index (κ3) is 0.956. The van der Waals surface area contributed by atoms with E-state index in [9.17, 15) is 19.4 Å². The van der Waals surface area contributed by atoms with Gasteiger partial charge in [0.25, 0.3) is 0 Å². The largest absolute Gasteiger partial charge is 0.301 e. The van der Waals surface area contributed by atoms with E-state index in [2.05, 4.69) is 10.4 Å². The number of rotatable bonds is 2. The smallest absolute Gasteiger partial charge is 0.268 e. The highest BCUT2D eigenvalue weighted by Crippen LogP contribution is 2.43. The summed E-state index contributed by atoms with van der Waals surface area (Å²) < 4.78 is 0. The van der Waals surface area contributed by atoms with Crippen molar-refractivity contribution in [2.75, 3.05) is 0 Å². The Bertz CT molecular complexity index is 234. The van der Waals surface area contributed by atoms with Crippen molar-refractivity contribution in [1.29, 1.82) is 0 Å². The summed E-state index contributed by atoms with van der Waals surface area (Å²) >= 11 is 0. The van der Waals surface area contributed by atoms with E-state index in [1.165, 1.54) is 0 Å². The highest BCUT2D eigenvalue weighted by atomic mass is 16.3. The molecule has 64 valence electrons. The second kappa shape index (κ2) is 2.88. The molecule has 1 saturated carbocycles. The molecule has 0 radical (unpaired) electrons. The minimum Gasteiger partial charge on any atom is -0.268 e. The van der Waals surface area contributed by atoms with E-state index in [0.717, 1.165) is 0 Å². The summed E-state index contributed by atoms with van der Waals surface area (Å²) in [6.45, 7) is 0. The third-order valence-electron chi connectivity index (χ3n) is 2.19. The normalized spacial score (nSPS) is 19.0. The Kier molecular flexibility index (Phi) is 2.07. The van der Waals surface area contributed by atoms with Crippen LogP contribution in [0.2, 0.25) is 0 Å². The molecule has 0 heterocycles. The number of carbonyl (C=O) groups is 2. The minimum absolute atomic E-state index is 0.210. The molecule has 0 bridgehead atoms. The van der Waals surface area contributed by atoms with Crippen LogP contribution in [0.3, 0.4) is 0 Å². The van der Waals surface area contributed by atoms with Crippen LogP contribution in [0.5, 0.6) is 0 Å². The van der Waals surface area contributed by atoms with Crippen molar-refractivity contribution in [3.05, 3.63) is 9.81 Å². The molecule has 1 fully saturated rings. The minimum atomic E-state index is -1.50. The molecule has 6 nitrogen and oxygen atoms in total. The lowest BCUT2D eigenvalue weighted by molar-refractivity contribution is -0.145. The fourth-order valence-electron chi connectivity index (χ4n) is 1.22. The van der Waals surface area contributed by atoms with E-state index in [-0.39, 0.29) is 12.8 Å². The van der Waals surface area contributed by atoms with Gasteiger partial charge in [0.2, 0.25) is 0 Å². The van der Waals surface area contributed by atoms with Crippen LogP contribution >= 0.6 is 0 Å². The molecule has 0 N–H and O–H groups in total. The topological polar surface area (TPSA) is 93.0 Å². The highest BCUT2D eigenvalue weighted by Gasteiger charge is 2.52. The molecular formula is C6H6N2O4. The van der Waals surface area contributed by atoms with Gasteiger partial charge in [-0.15, -0.1) is 9.81 Å². The Labute approximate surface area is 67.3 Å². The van der Waals surface area contributed by atoms with E-state index in [4.69, 9.17) is 0 Å². The van der Waals surface area contributed by atoms with Crippen molar-refractivity contribution in [2.45, 2.75) is 19.3 Å². The first-order valence-corrected chi connectivity index (χ1v) is 3.43. The quantitative estimate of drug-likeness (QED) is 0.451. The lowest BCUT2D eigenvalue weighted by atomic mass is 9.67. The van der Waals surface area contributed by atoms with Gasteiger partial charge in [0.05, 0.1) is 0 Å². The maximum atomic E-state index is 10.8. The zero-order valence-corrected chi connectivity index (χ0v) is 6.15. The molecule has 2 amide bonds. The Morgan fingerprint density at radius 1 is 1.00 bits per heavy atom. The van der Waals surface area contributed by atoms with Gasteiger partial charge in [0.15, 0.2) is 0 Å². The van der Waals surface area contributed by atoms with Crippen molar-refractivity contribution in [3.63, 3.8) is 0 Å². The first-order chi connectivity index (χ1) is 5.67. The first-order valence-electron chi connectivity index (χ1n) is 3.43. The Balaban J connectivity index is 2.89. The average molecular weight is 170 g/mol. The third-order valence-corrected chi connectivity index (χ3v) is 2.19. The molecular weight excluding hydrogens is 164 g/mol. The Morgan fingerprint density at radius 2 is 1.42 bits per heavy atom. The number of hydrogen-bond donors (Lipinski definition) is 0. The molecule has 0 aromatic carbocycles. The van der Waals surface area contributed by atoms with Crippen LogP contribution in [0.1, 0.15) is 19.3 Å². The van der Waals surface area contributed by atoms with Gasteiger partial charge in [-0.2, -0.15) is 0 Å². The van der Waals surface area contributed by atoms with Gasteiger partial charge < -0.3 is 0 Å². The van der Waals surface area contributed by atoms with E-state index >= 15 is 0 Å². The van der Waals surface area contributed by atoms with Crippen LogP contribution in [-0.2, 0) is 9.59 Å². The predicted octanol–water partition coefficient (Wildman–Crippen LogP) is 0.743. The number of nitroso groups, excluding NO2 is 2.